The van der Waals surface area contributed by atoms with Gasteiger partial charge in [0.1, 0.15) is 5.75 Å². The summed E-state index contributed by atoms with van der Waals surface area (Å²) in [5, 5.41) is 8.78. The van der Waals surface area contributed by atoms with Crippen LogP contribution < -0.4 is 4.74 Å². The van der Waals surface area contributed by atoms with Crippen molar-refractivity contribution in [2.75, 3.05) is 13.2 Å². The number of hydrogen-bond acceptors (Lipinski definition) is 6. The van der Waals surface area contributed by atoms with Crippen LogP contribution in [0.2, 0.25) is 5.02 Å². The average Bonchev–Trinajstić information content (AvgIpc) is 3.15. The van der Waals surface area contributed by atoms with E-state index in [-0.39, 0.29) is 48.8 Å². The molecule has 0 atom stereocenters. The van der Waals surface area contributed by atoms with Gasteiger partial charge in [0.2, 0.25) is 11.8 Å². The van der Waals surface area contributed by atoms with Crippen LogP contribution >= 0.6 is 11.6 Å². The van der Waals surface area contributed by atoms with Gasteiger partial charge >= 0.3 is 6.36 Å². The first-order valence-corrected chi connectivity index (χ1v) is 11.2. The molecule has 2 aromatic rings. The fourth-order valence-electron chi connectivity index (χ4n) is 5.28. The van der Waals surface area contributed by atoms with Crippen LogP contribution in [0, 0.1) is 12.3 Å². The quantitative estimate of drug-likeness (QED) is 0.510. The molecule has 0 radical (unpaired) electrons. The van der Waals surface area contributed by atoms with Crippen molar-refractivity contribution in [3.63, 3.8) is 0 Å². The Morgan fingerprint density at radius 2 is 1.91 bits per heavy atom. The highest BCUT2D eigenvalue weighted by molar-refractivity contribution is 6.30. The third kappa shape index (κ3) is 4.12. The monoisotopic (exact) mass is 495 g/mol. The van der Waals surface area contributed by atoms with E-state index >= 15 is 0 Å². The molecule has 0 spiro atoms. The molecule has 4 aliphatic rings. The van der Waals surface area contributed by atoms with Crippen LogP contribution in [-0.4, -0.2) is 52.2 Å². The molecule has 1 amide bonds. The number of nitrogens with zero attached hydrogens (tertiary/aromatic N) is 3. The number of amides is 1. The number of ether oxygens (including phenoxy) is 2. The molecule has 6 rings (SSSR count). The second-order valence-corrected chi connectivity index (χ2v) is 9.70. The van der Waals surface area contributed by atoms with E-state index in [2.05, 4.69) is 20.9 Å². The number of rotatable bonds is 8. The second kappa shape index (κ2) is 8.17. The third-order valence-electron chi connectivity index (χ3n) is 6.94. The van der Waals surface area contributed by atoms with Crippen molar-refractivity contribution in [2.24, 2.45) is 0 Å². The summed E-state index contributed by atoms with van der Waals surface area (Å²) in [5.41, 5.74) is -0.690. The fraction of sp³-hybridized carbons (Fsp3) is 0.522. The van der Waals surface area contributed by atoms with Crippen LogP contribution in [0.1, 0.15) is 49.8 Å². The molecule has 0 unspecified atom stereocenters. The summed E-state index contributed by atoms with van der Waals surface area (Å²) in [6, 6.07) is 6.72. The Hall–Kier alpha value is -2.77. The van der Waals surface area contributed by atoms with Crippen LogP contribution in [-0.2, 0) is 14.9 Å². The zero-order chi connectivity index (χ0) is 24.1. The number of alkyl halides is 3. The Morgan fingerprint density at radius 3 is 2.53 bits per heavy atom. The summed E-state index contributed by atoms with van der Waals surface area (Å²) < 4.78 is 52.4. The number of halogens is 4. The molecule has 34 heavy (non-hydrogen) atoms. The summed E-state index contributed by atoms with van der Waals surface area (Å²) in [7, 11) is 0. The lowest BCUT2D eigenvalue weighted by Crippen LogP contribution is -2.77. The maximum absolute atomic E-state index is 12.9. The van der Waals surface area contributed by atoms with Crippen LogP contribution in [0.4, 0.5) is 13.2 Å². The van der Waals surface area contributed by atoms with E-state index in [0.29, 0.717) is 41.8 Å². The SMILES string of the molecule is C#CCN(C(=O)COc1ccc(Cl)cc1)C12CC(c3nnc(C4CC(OC(F)(F)F)C4)o3)(C1)C2. The summed E-state index contributed by atoms with van der Waals surface area (Å²) >= 11 is 5.86. The van der Waals surface area contributed by atoms with E-state index < -0.39 is 12.5 Å². The summed E-state index contributed by atoms with van der Waals surface area (Å²) in [4.78, 5) is 14.6. The van der Waals surface area contributed by atoms with Crippen molar-refractivity contribution in [3.8, 4) is 18.1 Å². The van der Waals surface area contributed by atoms with E-state index in [1.807, 2.05) is 0 Å². The number of carbonyl (C=O) groups is 1. The van der Waals surface area contributed by atoms with Crippen LogP contribution in [0.25, 0.3) is 0 Å². The largest absolute Gasteiger partial charge is 0.522 e. The lowest BCUT2D eigenvalue weighted by atomic mass is 9.38. The Kier molecular flexibility index (Phi) is 5.52. The minimum Gasteiger partial charge on any atom is -0.484 e. The third-order valence-corrected chi connectivity index (χ3v) is 7.19. The minimum absolute atomic E-state index is 0.147. The van der Waals surface area contributed by atoms with Crippen molar-refractivity contribution in [3.05, 3.63) is 41.1 Å². The maximum Gasteiger partial charge on any atom is 0.522 e. The molecule has 4 fully saturated rings. The first kappa shape index (κ1) is 23.0. The molecule has 0 aliphatic heterocycles. The van der Waals surface area contributed by atoms with E-state index in [1.54, 1.807) is 29.2 Å². The van der Waals surface area contributed by atoms with E-state index in [0.717, 1.165) is 0 Å². The van der Waals surface area contributed by atoms with Gasteiger partial charge in [0.05, 0.1) is 18.1 Å². The topological polar surface area (TPSA) is 77.7 Å². The van der Waals surface area contributed by atoms with Gasteiger partial charge in [-0.2, -0.15) is 0 Å². The van der Waals surface area contributed by atoms with Gasteiger partial charge in [0.25, 0.3) is 5.91 Å². The highest BCUT2D eigenvalue weighted by atomic mass is 35.5. The molecule has 2 bridgehead atoms. The second-order valence-electron chi connectivity index (χ2n) is 9.26. The molecular formula is C23H21ClF3N3O4. The minimum atomic E-state index is -4.64. The van der Waals surface area contributed by atoms with Gasteiger partial charge in [-0.25, -0.2) is 0 Å². The lowest BCUT2D eigenvalue weighted by molar-refractivity contribution is -0.352. The highest BCUT2D eigenvalue weighted by Gasteiger charge is 2.74. The molecule has 1 heterocycles. The molecule has 4 saturated carbocycles. The predicted molar refractivity (Wildman–Crippen MR) is 113 cm³/mol. The number of aromatic nitrogens is 2. The van der Waals surface area contributed by atoms with Gasteiger partial charge in [-0.15, -0.1) is 29.8 Å². The van der Waals surface area contributed by atoms with Crippen molar-refractivity contribution < 1.29 is 31.9 Å². The van der Waals surface area contributed by atoms with Crippen LogP contribution in [0.3, 0.4) is 0 Å². The fourth-order valence-corrected chi connectivity index (χ4v) is 5.41. The van der Waals surface area contributed by atoms with Gasteiger partial charge in [0, 0.05) is 16.5 Å². The van der Waals surface area contributed by atoms with Crippen molar-refractivity contribution >= 4 is 17.5 Å². The number of terminal acetylenes is 1. The number of benzene rings is 1. The van der Waals surface area contributed by atoms with Crippen LogP contribution in [0.15, 0.2) is 28.7 Å². The Labute approximate surface area is 198 Å². The molecule has 0 saturated heterocycles. The Balaban J connectivity index is 1.16. The Morgan fingerprint density at radius 1 is 1.24 bits per heavy atom. The van der Waals surface area contributed by atoms with Crippen LogP contribution in [0.5, 0.6) is 5.75 Å². The molecule has 1 aromatic carbocycles. The first-order valence-electron chi connectivity index (χ1n) is 10.8. The van der Waals surface area contributed by atoms with Gasteiger partial charge in [-0.05, 0) is 56.4 Å². The molecular weight excluding hydrogens is 475 g/mol. The zero-order valence-electron chi connectivity index (χ0n) is 18.0. The summed E-state index contributed by atoms with van der Waals surface area (Å²) in [6.07, 6.45) is 2.30. The van der Waals surface area contributed by atoms with Crippen molar-refractivity contribution in [1.29, 1.82) is 0 Å². The van der Waals surface area contributed by atoms with Gasteiger partial charge in [0.15, 0.2) is 6.61 Å². The summed E-state index contributed by atoms with van der Waals surface area (Å²) in [6.45, 7) is 0.0161. The van der Waals surface area contributed by atoms with E-state index in [1.165, 1.54) is 0 Å². The molecule has 4 aliphatic carbocycles. The first-order chi connectivity index (χ1) is 16.1. The van der Waals surface area contributed by atoms with E-state index in [9.17, 15) is 18.0 Å². The molecule has 0 N–H and O–H groups in total. The predicted octanol–water partition coefficient (Wildman–Crippen LogP) is 4.22. The highest BCUT2D eigenvalue weighted by Crippen LogP contribution is 2.70. The normalized spacial score (nSPS) is 29.3. The molecule has 1 aromatic heterocycles. The van der Waals surface area contributed by atoms with Gasteiger partial charge in [-0.1, -0.05) is 17.5 Å². The van der Waals surface area contributed by atoms with E-state index in [4.69, 9.17) is 27.2 Å². The molecule has 11 heteroatoms. The zero-order valence-corrected chi connectivity index (χ0v) is 18.7. The maximum atomic E-state index is 12.9. The van der Waals surface area contributed by atoms with Crippen molar-refractivity contribution in [1.82, 2.24) is 15.1 Å². The Bertz CT molecular complexity index is 1100. The molecule has 7 nitrogen and oxygen atoms in total. The average molecular weight is 496 g/mol. The summed E-state index contributed by atoms with van der Waals surface area (Å²) in [5.74, 6) is 3.44. The molecule has 180 valence electrons. The lowest BCUT2D eigenvalue weighted by Gasteiger charge is -2.71. The smallest absolute Gasteiger partial charge is 0.484 e. The number of carbonyl (C=O) groups excluding carboxylic acids is 1. The number of hydrogen-bond donors (Lipinski definition) is 0. The van der Waals surface area contributed by atoms with Crippen molar-refractivity contribution in [2.45, 2.75) is 61.4 Å². The standard InChI is InChI=1S/C23H21ClF3N3O4/c1-2-7-30(18(31)10-32-16-5-3-15(24)4-6-16)22-11-21(12-22,13-22)20-29-28-19(33-20)14-8-17(9-14)34-23(25,26)27/h1,3-6,14,17H,7-13H2. The van der Waals surface area contributed by atoms with Gasteiger partial charge in [-0.3, -0.25) is 9.53 Å². The van der Waals surface area contributed by atoms with Gasteiger partial charge < -0.3 is 14.1 Å².